The number of carbonyl (C=O) groups excluding carboxylic acids is 1. The maximum atomic E-state index is 13.8. The average Bonchev–Trinajstić information content (AvgIpc) is 2.30. The van der Waals surface area contributed by atoms with Crippen LogP contribution in [-0.4, -0.2) is 5.78 Å². The second-order valence-corrected chi connectivity index (χ2v) is 4.84. The zero-order chi connectivity index (χ0) is 14.2. The third kappa shape index (κ3) is 2.50. The van der Waals surface area contributed by atoms with Gasteiger partial charge in [0.15, 0.2) is 5.78 Å². The molecule has 2 rings (SSSR count). The van der Waals surface area contributed by atoms with Crippen LogP contribution < -0.4 is 5.73 Å². The number of aryl methyl sites for hydroxylation is 3. The summed E-state index contributed by atoms with van der Waals surface area (Å²) in [6.45, 7) is 5.68. The first kappa shape index (κ1) is 13.3. The maximum absolute atomic E-state index is 13.8. The normalized spacial score (nSPS) is 10.5. The third-order valence-electron chi connectivity index (χ3n) is 3.14. The van der Waals surface area contributed by atoms with Gasteiger partial charge >= 0.3 is 0 Å². The minimum absolute atomic E-state index is 0.0232. The molecule has 0 unspecified atom stereocenters. The van der Waals surface area contributed by atoms with Crippen LogP contribution in [0.1, 0.15) is 32.6 Å². The molecule has 0 aliphatic carbocycles. The van der Waals surface area contributed by atoms with E-state index in [1.54, 1.807) is 0 Å². The summed E-state index contributed by atoms with van der Waals surface area (Å²) < 4.78 is 13.8. The van der Waals surface area contributed by atoms with Crippen molar-refractivity contribution in [1.29, 1.82) is 0 Å². The molecule has 98 valence electrons. The Labute approximate surface area is 112 Å². The lowest BCUT2D eigenvalue weighted by Crippen LogP contribution is -2.09. The quantitative estimate of drug-likeness (QED) is 0.660. The third-order valence-corrected chi connectivity index (χ3v) is 3.14. The number of carbonyl (C=O) groups is 1. The molecule has 0 spiro atoms. The Balaban J connectivity index is 2.59. The Bertz CT molecular complexity index is 639. The van der Waals surface area contributed by atoms with Crippen molar-refractivity contribution >= 4 is 11.5 Å². The molecule has 2 aromatic carbocycles. The zero-order valence-electron chi connectivity index (χ0n) is 11.3. The number of hydrogen-bond acceptors (Lipinski definition) is 2. The van der Waals surface area contributed by atoms with Crippen LogP contribution in [-0.2, 0) is 0 Å². The molecule has 0 aliphatic heterocycles. The van der Waals surface area contributed by atoms with Gasteiger partial charge in [0.05, 0.1) is 5.56 Å². The predicted octanol–water partition coefficient (Wildman–Crippen LogP) is 3.56. The van der Waals surface area contributed by atoms with Crippen molar-refractivity contribution in [3.8, 4) is 0 Å². The van der Waals surface area contributed by atoms with Crippen LogP contribution in [0.5, 0.6) is 0 Å². The van der Waals surface area contributed by atoms with E-state index in [1.165, 1.54) is 18.2 Å². The van der Waals surface area contributed by atoms with Gasteiger partial charge in [0.1, 0.15) is 5.82 Å². The molecule has 0 aliphatic rings. The van der Waals surface area contributed by atoms with E-state index in [4.69, 9.17) is 5.73 Å². The summed E-state index contributed by atoms with van der Waals surface area (Å²) in [6.07, 6.45) is 0. The molecule has 0 radical (unpaired) electrons. The van der Waals surface area contributed by atoms with Gasteiger partial charge in [-0.2, -0.15) is 0 Å². The van der Waals surface area contributed by atoms with Crippen molar-refractivity contribution in [3.63, 3.8) is 0 Å². The number of halogens is 1. The van der Waals surface area contributed by atoms with Crippen LogP contribution in [0.3, 0.4) is 0 Å². The minimum Gasteiger partial charge on any atom is -0.399 e. The van der Waals surface area contributed by atoms with E-state index in [-0.39, 0.29) is 11.3 Å². The van der Waals surface area contributed by atoms with Gasteiger partial charge in [-0.25, -0.2) is 4.39 Å². The van der Waals surface area contributed by atoms with Crippen LogP contribution in [0.25, 0.3) is 0 Å². The van der Waals surface area contributed by atoms with Gasteiger partial charge in [-0.15, -0.1) is 0 Å². The molecule has 2 nitrogen and oxygen atoms in total. The highest BCUT2D eigenvalue weighted by Crippen LogP contribution is 2.22. The SMILES string of the molecule is Cc1cc(C)c(C(=O)c2cc(N)ccc2F)c(C)c1. The van der Waals surface area contributed by atoms with E-state index in [0.29, 0.717) is 11.3 Å². The summed E-state index contributed by atoms with van der Waals surface area (Å²) in [4.78, 5) is 12.5. The fraction of sp³-hybridized carbons (Fsp3) is 0.188. The van der Waals surface area contributed by atoms with E-state index >= 15 is 0 Å². The summed E-state index contributed by atoms with van der Waals surface area (Å²) in [5.41, 5.74) is 9.37. The molecule has 0 saturated heterocycles. The topological polar surface area (TPSA) is 43.1 Å². The van der Waals surface area contributed by atoms with Crippen LogP contribution in [0.2, 0.25) is 0 Å². The fourth-order valence-electron chi connectivity index (χ4n) is 2.39. The number of ketones is 1. The van der Waals surface area contributed by atoms with Crippen LogP contribution in [0.4, 0.5) is 10.1 Å². The van der Waals surface area contributed by atoms with Crippen LogP contribution in [0, 0.1) is 26.6 Å². The smallest absolute Gasteiger partial charge is 0.196 e. The molecule has 2 aromatic rings. The van der Waals surface area contributed by atoms with Crippen molar-refractivity contribution in [2.24, 2.45) is 0 Å². The highest BCUT2D eigenvalue weighted by molar-refractivity contribution is 6.11. The van der Waals surface area contributed by atoms with E-state index in [0.717, 1.165) is 16.7 Å². The summed E-state index contributed by atoms with van der Waals surface area (Å²) in [5, 5.41) is 0. The Kier molecular flexibility index (Phi) is 3.38. The van der Waals surface area contributed by atoms with E-state index in [1.807, 2.05) is 32.9 Å². The molecule has 2 N–H and O–H groups in total. The maximum Gasteiger partial charge on any atom is 0.196 e. The number of nitrogens with two attached hydrogens (primary N) is 1. The molecule has 0 bridgehead atoms. The highest BCUT2D eigenvalue weighted by Gasteiger charge is 2.18. The Hall–Kier alpha value is -2.16. The largest absolute Gasteiger partial charge is 0.399 e. The average molecular weight is 257 g/mol. The number of anilines is 1. The molecular weight excluding hydrogens is 241 g/mol. The second-order valence-electron chi connectivity index (χ2n) is 4.84. The van der Waals surface area contributed by atoms with E-state index in [9.17, 15) is 9.18 Å². The molecule has 0 atom stereocenters. The van der Waals surface area contributed by atoms with Gasteiger partial charge in [-0.05, 0) is 50.1 Å². The summed E-state index contributed by atoms with van der Waals surface area (Å²) >= 11 is 0. The van der Waals surface area contributed by atoms with Gasteiger partial charge < -0.3 is 5.73 Å². The summed E-state index contributed by atoms with van der Waals surface area (Å²) in [7, 11) is 0. The summed E-state index contributed by atoms with van der Waals surface area (Å²) in [5.74, 6) is -0.863. The molecule has 0 fully saturated rings. The minimum atomic E-state index is -0.543. The number of hydrogen-bond donors (Lipinski definition) is 1. The highest BCUT2D eigenvalue weighted by atomic mass is 19.1. The van der Waals surface area contributed by atoms with Gasteiger partial charge in [0.25, 0.3) is 0 Å². The number of nitrogen functional groups attached to an aromatic ring is 1. The first-order chi connectivity index (χ1) is 8.90. The molecule has 19 heavy (non-hydrogen) atoms. The molecule has 3 heteroatoms. The molecule has 0 saturated carbocycles. The Morgan fingerprint density at radius 1 is 1.05 bits per heavy atom. The Morgan fingerprint density at radius 3 is 2.21 bits per heavy atom. The van der Waals surface area contributed by atoms with E-state index < -0.39 is 5.82 Å². The van der Waals surface area contributed by atoms with Gasteiger partial charge in [0, 0.05) is 11.3 Å². The Morgan fingerprint density at radius 2 is 1.63 bits per heavy atom. The fourth-order valence-corrected chi connectivity index (χ4v) is 2.39. The molecular formula is C16H16FNO. The second kappa shape index (κ2) is 4.84. The lowest BCUT2D eigenvalue weighted by molar-refractivity contribution is 0.103. The first-order valence-electron chi connectivity index (χ1n) is 6.07. The van der Waals surface area contributed by atoms with Crippen LogP contribution >= 0.6 is 0 Å². The number of benzene rings is 2. The van der Waals surface area contributed by atoms with Crippen LogP contribution in [0.15, 0.2) is 30.3 Å². The first-order valence-corrected chi connectivity index (χ1v) is 6.07. The van der Waals surface area contributed by atoms with Crippen molar-refractivity contribution in [2.75, 3.05) is 5.73 Å². The molecule has 0 amide bonds. The monoisotopic (exact) mass is 257 g/mol. The van der Waals surface area contributed by atoms with Gasteiger partial charge in [-0.3, -0.25) is 4.79 Å². The lowest BCUT2D eigenvalue weighted by Gasteiger charge is -2.11. The molecule has 0 heterocycles. The lowest BCUT2D eigenvalue weighted by atomic mass is 9.93. The van der Waals surface area contributed by atoms with Gasteiger partial charge in [0.2, 0.25) is 0 Å². The van der Waals surface area contributed by atoms with Crippen molar-refractivity contribution in [1.82, 2.24) is 0 Å². The van der Waals surface area contributed by atoms with Crippen molar-refractivity contribution in [3.05, 3.63) is 64.0 Å². The van der Waals surface area contributed by atoms with Crippen molar-refractivity contribution in [2.45, 2.75) is 20.8 Å². The summed E-state index contributed by atoms with van der Waals surface area (Å²) in [6, 6.07) is 7.90. The van der Waals surface area contributed by atoms with Crippen molar-refractivity contribution < 1.29 is 9.18 Å². The standard InChI is InChI=1S/C16H16FNO/c1-9-6-10(2)15(11(3)7-9)16(19)13-8-12(18)4-5-14(13)17/h4-8H,18H2,1-3H3. The molecule has 0 aromatic heterocycles. The van der Waals surface area contributed by atoms with Gasteiger partial charge in [-0.1, -0.05) is 17.7 Å². The zero-order valence-corrected chi connectivity index (χ0v) is 11.3. The van der Waals surface area contributed by atoms with E-state index in [2.05, 4.69) is 0 Å². The predicted molar refractivity (Wildman–Crippen MR) is 74.9 cm³/mol. The number of rotatable bonds is 2.